The Morgan fingerprint density at radius 1 is 1.16 bits per heavy atom. The summed E-state index contributed by atoms with van der Waals surface area (Å²) in [5.41, 5.74) is 1.78. The number of rotatable bonds is 6. The highest BCUT2D eigenvalue weighted by molar-refractivity contribution is 7.89. The van der Waals surface area contributed by atoms with Gasteiger partial charge in [-0.1, -0.05) is 23.7 Å². The van der Waals surface area contributed by atoms with E-state index in [1.807, 2.05) is 54.4 Å². The second-order valence-corrected chi connectivity index (χ2v) is 9.25. The number of halogens is 1. The molecule has 0 aliphatic carbocycles. The van der Waals surface area contributed by atoms with E-state index in [1.165, 1.54) is 10.4 Å². The predicted octanol–water partition coefficient (Wildman–Crippen LogP) is 4.44. The molecule has 0 N–H and O–H groups in total. The van der Waals surface area contributed by atoms with Gasteiger partial charge >= 0.3 is 0 Å². The molecule has 0 atom stereocenters. The van der Waals surface area contributed by atoms with E-state index in [4.69, 9.17) is 11.6 Å². The largest absolute Gasteiger partial charge is 0.353 e. The summed E-state index contributed by atoms with van der Waals surface area (Å²) >= 11 is 7.70. The van der Waals surface area contributed by atoms with E-state index in [0.717, 1.165) is 16.1 Å². The molecule has 7 heteroatoms. The Kier molecular flexibility index (Phi) is 5.34. The summed E-state index contributed by atoms with van der Waals surface area (Å²) in [7, 11) is -1.76. The molecule has 2 heterocycles. The first kappa shape index (κ1) is 18.2. The van der Waals surface area contributed by atoms with Gasteiger partial charge < -0.3 is 4.57 Å². The maximum Gasteiger partial charge on any atom is 0.243 e. The lowest BCUT2D eigenvalue weighted by Crippen LogP contribution is -2.30. The van der Waals surface area contributed by atoms with Crippen LogP contribution >= 0.6 is 22.9 Å². The second-order valence-electron chi connectivity index (χ2n) is 5.87. The van der Waals surface area contributed by atoms with E-state index in [9.17, 15) is 8.42 Å². The summed E-state index contributed by atoms with van der Waals surface area (Å²) in [4.78, 5) is 1.21. The third kappa shape index (κ3) is 3.98. The average molecular weight is 395 g/mol. The zero-order chi connectivity index (χ0) is 18.0. The molecule has 0 amide bonds. The van der Waals surface area contributed by atoms with Gasteiger partial charge in [-0.25, -0.2) is 8.42 Å². The molecule has 0 saturated carbocycles. The van der Waals surface area contributed by atoms with Crippen molar-refractivity contribution in [1.82, 2.24) is 8.87 Å². The van der Waals surface area contributed by atoms with E-state index in [0.29, 0.717) is 18.1 Å². The monoisotopic (exact) mass is 394 g/mol. The smallest absolute Gasteiger partial charge is 0.243 e. The molecule has 0 saturated heterocycles. The Balaban J connectivity index is 1.99. The van der Waals surface area contributed by atoms with Crippen LogP contribution in [0.15, 0.2) is 58.9 Å². The molecule has 0 spiro atoms. The molecule has 132 valence electrons. The molecule has 0 bridgehead atoms. The fraction of sp³-hybridized carbons (Fsp3) is 0.222. The minimum Gasteiger partial charge on any atom is -0.353 e. The molecule has 0 unspecified atom stereocenters. The molecule has 4 nitrogen and oxygen atoms in total. The van der Waals surface area contributed by atoms with Crippen LogP contribution in [-0.4, -0.2) is 17.3 Å². The zero-order valence-electron chi connectivity index (χ0n) is 14.0. The van der Waals surface area contributed by atoms with Crippen LogP contribution in [0.4, 0.5) is 0 Å². The Hall–Kier alpha value is -1.60. The van der Waals surface area contributed by atoms with Crippen LogP contribution < -0.4 is 0 Å². The summed E-state index contributed by atoms with van der Waals surface area (Å²) in [5.74, 6) is 0. The SMILES string of the molecule is Cc1ccc(S(=O)(=O)N(Cc2cccs2)Cc2cccn2C)cc1Cl. The first-order chi connectivity index (χ1) is 11.9. The third-order valence-electron chi connectivity index (χ3n) is 4.08. The third-order valence-corrected chi connectivity index (χ3v) is 7.14. The van der Waals surface area contributed by atoms with Crippen LogP contribution in [0.1, 0.15) is 16.1 Å². The van der Waals surface area contributed by atoms with E-state index >= 15 is 0 Å². The molecule has 3 rings (SSSR count). The van der Waals surface area contributed by atoms with Crippen molar-refractivity contribution in [2.45, 2.75) is 24.9 Å². The summed E-state index contributed by atoms with van der Waals surface area (Å²) in [5, 5.41) is 2.40. The summed E-state index contributed by atoms with van der Waals surface area (Å²) < 4.78 is 29.9. The summed E-state index contributed by atoms with van der Waals surface area (Å²) in [6.45, 7) is 2.48. The minimum atomic E-state index is -3.67. The molecule has 1 aromatic carbocycles. The molecule has 0 aliphatic rings. The lowest BCUT2D eigenvalue weighted by atomic mass is 10.2. The maximum absolute atomic E-state index is 13.2. The van der Waals surface area contributed by atoms with Crippen molar-refractivity contribution in [2.75, 3.05) is 0 Å². The lowest BCUT2D eigenvalue weighted by Gasteiger charge is -2.22. The molecule has 2 aromatic heterocycles. The number of nitrogens with zero attached hydrogens (tertiary/aromatic N) is 2. The highest BCUT2D eigenvalue weighted by atomic mass is 35.5. The van der Waals surface area contributed by atoms with Gasteiger partial charge in [-0.05, 0) is 48.2 Å². The quantitative estimate of drug-likeness (QED) is 0.620. The van der Waals surface area contributed by atoms with E-state index in [1.54, 1.807) is 23.5 Å². The minimum absolute atomic E-state index is 0.217. The summed E-state index contributed by atoms with van der Waals surface area (Å²) in [6, 6.07) is 12.6. The van der Waals surface area contributed by atoms with Crippen molar-refractivity contribution < 1.29 is 8.42 Å². The van der Waals surface area contributed by atoms with Crippen LogP contribution in [0.2, 0.25) is 5.02 Å². The number of benzene rings is 1. The zero-order valence-corrected chi connectivity index (χ0v) is 16.4. The van der Waals surface area contributed by atoms with Crippen molar-refractivity contribution in [1.29, 1.82) is 0 Å². The topological polar surface area (TPSA) is 42.3 Å². The number of thiophene rings is 1. The number of sulfonamides is 1. The number of hydrogen-bond acceptors (Lipinski definition) is 3. The fourth-order valence-corrected chi connectivity index (χ4v) is 4.99. The van der Waals surface area contributed by atoms with Crippen molar-refractivity contribution in [2.24, 2.45) is 7.05 Å². The van der Waals surface area contributed by atoms with Crippen molar-refractivity contribution in [3.05, 3.63) is 75.2 Å². The van der Waals surface area contributed by atoms with Gasteiger partial charge in [0.15, 0.2) is 0 Å². The molecular weight excluding hydrogens is 376 g/mol. The van der Waals surface area contributed by atoms with Gasteiger partial charge in [-0.3, -0.25) is 0 Å². The van der Waals surface area contributed by atoms with Crippen LogP contribution in [-0.2, 0) is 30.2 Å². The number of aromatic nitrogens is 1. The molecular formula is C18H19ClN2O2S2. The van der Waals surface area contributed by atoms with Gasteiger partial charge in [0, 0.05) is 35.4 Å². The first-order valence-corrected chi connectivity index (χ1v) is 10.5. The highest BCUT2D eigenvalue weighted by Crippen LogP contribution is 2.26. The van der Waals surface area contributed by atoms with Crippen molar-refractivity contribution >= 4 is 33.0 Å². The lowest BCUT2D eigenvalue weighted by molar-refractivity contribution is 0.395. The van der Waals surface area contributed by atoms with Crippen molar-refractivity contribution in [3.63, 3.8) is 0 Å². The van der Waals surface area contributed by atoms with Crippen LogP contribution in [0.5, 0.6) is 0 Å². The highest BCUT2D eigenvalue weighted by Gasteiger charge is 2.26. The van der Waals surface area contributed by atoms with Crippen LogP contribution in [0, 0.1) is 6.92 Å². The van der Waals surface area contributed by atoms with E-state index in [-0.39, 0.29) is 4.90 Å². The van der Waals surface area contributed by atoms with Gasteiger partial charge in [0.25, 0.3) is 0 Å². The second kappa shape index (κ2) is 7.33. The molecule has 0 radical (unpaired) electrons. The Morgan fingerprint density at radius 2 is 1.96 bits per heavy atom. The van der Waals surface area contributed by atoms with E-state index < -0.39 is 10.0 Å². The molecule has 0 aliphatic heterocycles. The van der Waals surface area contributed by atoms with Crippen LogP contribution in [0.25, 0.3) is 0 Å². The average Bonchev–Trinajstić information content (AvgIpc) is 3.21. The number of aryl methyl sites for hydroxylation is 2. The predicted molar refractivity (Wildman–Crippen MR) is 102 cm³/mol. The van der Waals surface area contributed by atoms with Crippen molar-refractivity contribution in [3.8, 4) is 0 Å². The van der Waals surface area contributed by atoms with E-state index in [2.05, 4.69) is 0 Å². The molecule has 25 heavy (non-hydrogen) atoms. The first-order valence-electron chi connectivity index (χ1n) is 7.77. The molecule has 0 fully saturated rings. The Morgan fingerprint density at radius 3 is 2.56 bits per heavy atom. The normalized spacial score (nSPS) is 12.0. The van der Waals surface area contributed by atoms with Gasteiger partial charge in [-0.2, -0.15) is 4.31 Å². The van der Waals surface area contributed by atoms with Gasteiger partial charge in [0.1, 0.15) is 0 Å². The van der Waals surface area contributed by atoms with Gasteiger partial charge in [0.05, 0.1) is 11.4 Å². The number of hydrogen-bond donors (Lipinski definition) is 0. The fourth-order valence-electron chi connectivity index (χ4n) is 2.53. The molecule has 3 aromatic rings. The van der Waals surface area contributed by atoms with Crippen LogP contribution in [0.3, 0.4) is 0 Å². The van der Waals surface area contributed by atoms with Gasteiger partial charge in [0.2, 0.25) is 10.0 Å². The standard InChI is InChI=1S/C18H19ClN2O2S2/c1-14-7-8-17(11-18(14)19)25(22,23)21(13-16-6-4-10-24-16)12-15-5-3-9-20(15)2/h3-11H,12-13H2,1-2H3. The van der Waals surface area contributed by atoms with Gasteiger partial charge in [-0.15, -0.1) is 11.3 Å². The summed E-state index contributed by atoms with van der Waals surface area (Å²) in [6.07, 6.45) is 1.91. The Bertz CT molecular complexity index is 963. The maximum atomic E-state index is 13.2. The Labute approximate surface area is 157 Å².